The number of carbonyl (C=O) groups is 2. The number of carbonyl (C=O) groups excluding carboxylic acids is 2. The first-order valence-corrected chi connectivity index (χ1v) is 11.5. The van der Waals surface area contributed by atoms with Gasteiger partial charge in [-0.05, 0) is 45.3 Å². The predicted molar refractivity (Wildman–Crippen MR) is 114 cm³/mol. The molecule has 2 unspecified atom stereocenters. The van der Waals surface area contributed by atoms with Gasteiger partial charge in [-0.1, -0.05) is 11.3 Å². The van der Waals surface area contributed by atoms with E-state index in [2.05, 4.69) is 16.8 Å². The summed E-state index contributed by atoms with van der Waals surface area (Å²) < 4.78 is 0. The summed E-state index contributed by atoms with van der Waals surface area (Å²) in [6.45, 7) is 5.92. The number of nitrogens with zero attached hydrogens (tertiary/aromatic N) is 5. The standard InChI is InChI=1S/C20H29N5O4S/c1-21-8-2-4-15(14-21)22-10-12-23(13-11-22)19(26)16-5-3-9-24(16)20(27)17-6-7-18(30-17)25(28)29/h6-7,15-16H,2-5,8-14H2,1H3. The first kappa shape index (κ1) is 21.2. The molecule has 3 aliphatic heterocycles. The third-order valence-corrected chi connectivity index (χ3v) is 7.55. The number of thiophene rings is 1. The molecular formula is C20H29N5O4S. The highest BCUT2D eigenvalue weighted by Crippen LogP contribution is 2.29. The van der Waals surface area contributed by atoms with Gasteiger partial charge in [-0.3, -0.25) is 24.6 Å². The molecular weight excluding hydrogens is 406 g/mol. The van der Waals surface area contributed by atoms with Crippen molar-refractivity contribution in [3.63, 3.8) is 0 Å². The van der Waals surface area contributed by atoms with Crippen LogP contribution in [0.25, 0.3) is 0 Å². The molecule has 2 amide bonds. The van der Waals surface area contributed by atoms with E-state index in [1.165, 1.54) is 25.0 Å². The molecule has 3 aliphatic rings. The van der Waals surface area contributed by atoms with Crippen molar-refractivity contribution in [3.8, 4) is 0 Å². The summed E-state index contributed by atoms with van der Waals surface area (Å²) in [5, 5.41) is 10.9. The molecule has 4 heterocycles. The topological polar surface area (TPSA) is 90.2 Å². The summed E-state index contributed by atoms with van der Waals surface area (Å²) in [6.07, 6.45) is 3.88. The highest BCUT2D eigenvalue weighted by Gasteiger charge is 2.39. The molecule has 30 heavy (non-hydrogen) atoms. The van der Waals surface area contributed by atoms with E-state index in [9.17, 15) is 19.7 Å². The largest absolute Gasteiger partial charge is 0.338 e. The average Bonchev–Trinajstić information content (AvgIpc) is 3.43. The Balaban J connectivity index is 1.35. The minimum absolute atomic E-state index is 0.0207. The van der Waals surface area contributed by atoms with Gasteiger partial charge >= 0.3 is 5.00 Å². The lowest BCUT2D eigenvalue weighted by Gasteiger charge is -2.43. The lowest BCUT2D eigenvalue weighted by Crippen LogP contribution is -2.58. The molecule has 9 nitrogen and oxygen atoms in total. The zero-order valence-corrected chi connectivity index (χ0v) is 18.2. The van der Waals surface area contributed by atoms with Crippen LogP contribution in [0.1, 0.15) is 35.4 Å². The van der Waals surface area contributed by atoms with E-state index in [-0.39, 0.29) is 16.8 Å². The SMILES string of the molecule is CN1CCCC(N2CCN(C(=O)C3CCCN3C(=O)c3ccc([N+](=O)[O-])s3)CC2)C1. The van der Waals surface area contributed by atoms with E-state index in [0.29, 0.717) is 37.0 Å². The Kier molecular flexibility index (Phi) is 6.35. The zero-order chi connectivity index (χ0) is 21.3. The lowest BCUT2D eigenvalue weighted by atomic mass is 10.0. The molecule has 4 rings (SSSR count). The van der Waals surface area contributed by atoms with Crippen molar-refractivity contribution in [1.29, 1.82) is 0 Å². The number of rotatable bonds is 4. The fraction of sp³-hybridized carbons (Fsp3) is 0.700. The average molecular weight is 436 g/mol. The zero-order valence-electron chi connectivity index (χ0n) is 17.4. The van der Waals surface area contributed by atoms with Crippen molar-refractivity contribution in [2.75, 3.05) is 52.9 Å². The van der Waals surface area contributed by atoms with Crippen molar-refractivity contribution >= 4 is 28.2 Å². The van der Waals surface area contributed by atoms with Gasteiger partial charge in [0.2, 0.25) is 5.91 Å². The maximum Gasteiger partial charge on any atom is 0.324 e. The molecule has 0 spiro atoms. The van der Waals surface area contributed by atoms with E-state index >= 15 is 0 Å². The molecule has 3 saturated heterocycles. The fourth-order valence-electron chi connectivity index (χ4n) is 4.90. The van der Waals surface area contributed by atoms with Gasteiger partial charge in [0.1, 0.15) is 6.04 Å². The Labute approximate surface area is 180 Å². The number of piperidine rings is 1. The Morgan fingerprint density at radius 2 is 1.80 bits per heavy atom. The molecule has 0 aliphatic carbocycles. The maximum absolute atomic E-state index is 13.2. The smallest absolute Gasteiger partial charge is 0.324 e. The summed E-state index contributed by atoms with van der Waals surface area (Å²) in [5.41, 5.74) is 0. The molecule has 10 heteroatoms. The third kappa shape index (κ3) is 4.35. The van der Waals surface area contributed by atoms with Gasteiger partial charge in [-0.25, -0.2) is 0 Å². The van der Waals surface area contributed by atoms with E-state index in [0.717, 1.165) is 43.9 Å². The van der Waals surface area contributed by atoms with Gasteiger partial charge in [0.05, 0.1) is 9.80 Å². The van der Waals surface area contributed by atoms with Gasteiger partial charge in [0, 0.05) is 51.4 Å². The van der Waals surface area contributed by atoms with E-state index in [1.54, 1.807) is 4.90 Å². The number of likely N-dealkylation sites (tertiary alicyclic amines) is 2. The summed E-state index contributed by atoms with van der Waals surface area (Å²) in [4.78, 5) is 45.2. The van der Waals surface area contributed by atoms with Gasteiger partial charge in [0.25, 0.3) is 5.91 Å². The monoisotopic (exact) mass is 435 g/mol. The van der Waals surface area contributed by atoms with Crippen molar-refractivity contribution < 1.29 is 14.5 Å². The number of likely N-dealkylation sites (N-methyl/N-ethyl adjacent to an activating group) is 1. The van der Waals surface area contributed by atoms with Crippen LogP contribution in [0.15, 0.2) is 12.1 Å². The fourth-order valence-corrected chi connectivity index (χ4v) is 5.68. The summed E-state index contributed by atoms with van der Waals surface area (Å²) in [7, 11) is 2.17. The molecule has 0 N–H and O–H groups in total. The van der Waals surface area contributed by atoms with Crippen LogP contribution in [0.4, 0.5) is 5.00 Å². The minimum atomic E-state index is -0.488. The molecule has 0 aromatic carbocycles. The van der Waals surface area contributed by atoms with Crippen LogP contribution in [-0.4, -0.2) is 101 Å². The van der Waals surface area contributed by atoms with Crippen molar-refractivity contribution in [1.82, 2.24) is 19.6 Å². The Morgan fingerprint density at radius 3 is 2.47 bits per heavy atom. The number of hydrogen-bond donors (Lipinski definition) is 0. The first-order chi connectivity index (χ1) is 14.4. The first-order valence-electron chi connectivity index (χ1n) is 10.7. The summed E-state index contributed by atoms with van der Waals surface area (Å²) >= 11 is 0.876. The number of piperazine rings is 1. The van der Waals surface area contributed by atoms with Crippen molar-refractivity contribution in [2.24, 2.45) is 0 Å². The Bertz CT molecular complexity index is 807. The van der Waals surface area contributed by atoms with Crippen LogP contribution in [0, 0.1) is 10.1 Å². The predicted octanol–water partition coefficient (Wildman–Crippen LogP) is 1.50. The molecule has 1 aromatic rings. The minimum Gasteiger partial charge on any atom is -0.338 e. The van der Waals surface area contributed by atoms with Crippen LogP contribution in [0.2, 0.25) is 0 Å². The van der Waals surface area contributed by atoms with Gasteiger partial charge in [-0.15, -0.1) is 0 Å². The molecule has 164 valence electrons. The molecule has 2 atom stereocenters. The summed E-state index contributed by atoms with van der Waals surface area (Å²) in [5.74, 6) is -0.250. The van der Waals surface area contributed by atoms with Crippen LogP contribution in [-0.2, 0) is 4.79 Å². The lowest BCUT2D eigenvalue weighted by molar-refractivity contribution is -0.380. The van der Waals surface area contributed by atoms with Gasteiger partial charge < -0.3 is 14.7 Å². The van der Waals surface area contributed by atoms with Crippen LogP contribution in [0.3, 0.4) is 0 Å². The van der Waals surface area contributed by atoms with Gasteiger partial charge in [-0.2, -0.15) is 0 Å². The maximum atomic E-state index is 13.2. The highest BCUT2D eigenvalue weighted by atomic mass is 32.1. The number of hydrogen-bond acceptors (Lipinski definition) is 7. The quantitative estimate of drug-likeness (QED) is 0.526. The Morgan fingerprint density at radius 1 is 1.07 bits per heavy atom. The highest BCUT2D eigenvalue weighted by molar-refractivity contribution is 7.17. The third-order valence-electron chi connectivity index (χ3n) is 6.52. The van der Waals surface area contributed by atoms with E-state index < -0.39 is 11.0 Å². The summed E-state index contributed by atoms with van der Waals surface area (Å²) in [6, 6.07) is 2.96. The number of nitro groups is 1. The molecule has 0 saturated carbocycles. The Hall–Kier alpha value is -2.04. The van der Waals surface area contributed by atoms with Crippen LogP contribution >= 0.6 is 11.3 Å². The van der Waals surface area contributed by atoms with Crippen molar-refractivity contribution in [2.45, 2.75) is 37.8 Å². The van der Waals surface area contributed by atoms with E-state index in [1.807, 2.05) is 4.90 Å². The second kappa shape index (κ2) is 8.99. The second-order valence-corrected chi connectivity index (χ2v) is 9.53. The molecule has 3 fully saturated rings. The molecule has 0 radical (unpaired) electrons. The van der Waals surface area contributed by atoms with Crippen molar-refractivity contribution in [3.05, 3.63) is 27.1 Å². The van der Waals surface area contributed by atoms with E-state index in [4.69, 9.17) is 0 Å². The van der Waals surface area contributed by atoms with Crippen LogP contribution in [0.5, 0.6) is 0 Å². The molecule has 1 aromatic heterocycles. The second-order valence-electron chi connectivity index (χ2n) is 8.47. The van der Waals surface area contributed by atoms with Gasteiger partial charge in [0.15, 0.2) is 0 Å². The number of amides is 2. The van der Waals surface area contributed by atoms with Crippen LogP contribution < -0.4 is 0 Å². The molecule has 0 bridgehead atoms. The normalized spacial score (nSPS) is 26.2.